The molecule has 100 valence electrons. The lowest BCUT2D eigenvalue weighted by molar-refractivity contribution is 0.483. The van der Waals surface area contributed by atoms with Crippen molar-refractivity contribution >= 4 is 32.5 Å². The predicted octanol–water partition coefficient (Wildman–Crippen LogP) is 4.08. The minimum atomic E-state index is 0.562. The van der Waals surface area contributed by atoms with Gasteiger partial charge in [0.1, 0.15) is 17.3 Å². The van der Waals surface area contributed by atoms with Crippen molar-refractivity contribution in [2.45, 2.75) is 0 Å². The van der Waals surface area contributed by atoms with E-state index in [0.717, 1.165) is 21.0 Å². The largest absolute Gasteiger partial charge is 0.457 e. The summed E-state index contributed by atoms with van der Waals surface area (Å²) < 4.78 is 6.87. The lowest BCUT2D eigenvalue weighted by Gasteiger charge is -2.08. The number of anilines is 1. The third kappa shape index (κ3) is 2.74. The molecule has 1 heterocycles. The van der Waals surface area contributed by atoms with Crippen LogP contribution in [0, 0.1) is 0 Å². The molecule has 2 aromatic carbocycles. The highest BCUT2D eigenvalue weighted by Crippen LogP contribution is 2.27. The van der Waals surface area contributed by atoms with Gasteiger partial charge in [-0.25, -0.2) is 10.8 Å². The Hall–Kier alpha value is -2.11. The average molecular weight is 330 g/mol. The maximum Gasteiger partial charge on any atom is 0.143 e. The van der Waals surface area contributed by atoms with Gasteiger partial charge in [-0.05, 0) is 41.1 Å². The molecular weight excluding hydrogens is 318 g/mol. The third-order valence-electron chi connectivity index (χ3n) is 2.89. The Balaban J connectivity index is 1.92. The summed E-state index contributed by atoms with van der Waals surface area (Å²) in [5.74, 6) is 7.35. The number of nitrogens with two attached hydrogens (primary N) is 1. The van der Waals surface area contributed by atoms with Gasteiger partial charge in [0.15, 0.2) is 0 Å². The number of hydrazine groups is 1. The summed E-state index contributed by atoms with van der Waals surface area (Å²) in [5, 5.41) is 2.28. The smallest absolute Gasteiger partial charge is 0.143 e. The maximum absolute atomic E-state index is 5.81. The van der Waals surface area contributed by atoms with E-state index in [1.54, 1.807) is 18.3 Å². The summed E-state index contributed by atoms with van der Waals surface area (Å²) >= 11 is 3.46. The van der Waals surface area contributed by atoms with Gasteiger partial charge in [0.2, 0.25) is 0 Å². The lowest BCUT2D eigenvalue weighted by Crippen LogP contribution is -2.08. The van der Waals surface area contributed by atoms with Crippen LogP contribution in [-0.2, 0) is 0 Å². The van der Waals surface area contributed by atoms with Crippen LogP contribution in [0.25, 0.3) is 10.8 Å². The molecule has 0 saturated carbocycles. The second-order valence-electron chi connectivity index (χ2n) is 4.28. The number of nitrogens with zero attached hydrogens (tertiary/aromatic N) is 1. The highest BCUT2D eigenvalue weighted by Gasteiger charge is 2.01. The number of aromatic nitrogens is 1. The first-order valence-corrected chi connectivity index (χ1v) is 6.84. The third-order valence-corrected chi connectivity index (χ3v) is 3.38. The molecule has 3 N–H and O–H groups in total. The van der Waals surface area contributed by atoms with E-state index in [0.29, 0.717) is 11.6 Å². The number of ether oxygens (including phenoxy) is 1. The molecule has 3 aromatic rings. The number of nitrogens with one attached hydrogen (secondary N) is 1. The SMILES string of the molecule is NNc1cc(Oc2ccc3cc(Br)ccc3c2)ccn1. The molecule has 5 heteroatoms. The van der Waals surface area contributed by atoms with Crippen LogP contribution in [0.2, 0.25) is 0 Å². The number of nitrogen functional groups attached to an aromatic ring is 1. The second kappa shape index (κ2) is 5.48. The van der Waals surface area contributed by atoms with Crippen molar-refractivity contribution in [3.8, 4) is 11.5 Å². The fraction of sp³-hybridized carbons (Fsp3) is 0. The van der Waals surface area contributed by atoms with E-state index in [1.807, 2.05) is 30.3 Å². The van der Waals surface area contributed by atoms with Crippen LogP contribution in [0.4, 0.5) is 5.82 Å². The van der Waals surface area contributed by atoms with E-state index in [1.165, 1.54) is 0 Å². The fourth-order valence-corrected chi connectivity index (χ4v) is 2.33. The van der Waals surface area contributed by atoms with Crippen LogP contribution < -0.4 is 16.0 Å². The molecule has 0 spiro atoms. The van der Waals surface area contributed by atoms with E-state index >= 15 is 0 Å². The highest BCUT2D eigenvalue weighted by molar-refractivity contribution is 9.10. The lowest BCUT2D eigenvalue weighted by atomic mass is 10.1. The monoisotopic (exact) mass is 329 g/mol. The van der Waals surface area contributed by atoms with Gasteiger partial charge in [-0.2, -0.15) is 0 Å². The Labute approximate surface area is 124 Å². The van der Waals surface area contributed by atoms with Crippen molar-refractivity contribution < 1.29 is 4.74 Å². The summed E-state index contributed by atoms with van der Waals surface area (Å²) in [4.78, 5) is 4.04. The average Bonchev–Trinajstić information content (AvgIpc) is 2.47. The van der Waals surface area contributed by atoms with Crippen molar-refractivity contribution in [1.82, 2.24) is 4.98 Å². The number of hydrogen-bond donors (Lipinski definition) is 2. The van der Waals surface area contributed by atoms with E-state index in [-0.39, 0.29) is 0 Å². The Morgan fingerprint density at radius 2 is 1.70 bits per heavy atom. The van der Waals surface area contributed by atoms with Crippen LogP contribution in [0.3, 0.4) is 0 Å². The zero-order valence-electron chi connectivity index (χ0n) is 10.5. The number of rotatable bonds is 3. The molecule has 0 amide bonds. The normalized spacial score (nSPS) is 10.5. The van der Waals surface area contributed by atoms with Crippen molar-refractivity contribution in [2.75, 3.05) is 5.43 Å². The molecule has 0 radical (unpaired) electrons. The molecule has 0 saturated heterocycles. The Morgan fingerprint density at radius 1 is 0.950 bits per heavy atom. The van der Waals surface area contributed by atoms with Gasteiger partial charge in [-0.3, -0.25) is 0 Å². The molecule has 0 aliphatic heterocycles. The van der Waals surface area contributed by atoms with Gasteiger partial charge < -0.3 is 10.2 Å². The Morgan fingerprint density at radius 3 is 2.55 bits per heavy atom. The van der Waals surface area contributed by atoms with Gasteiger partial charge in [0.05, 0.1) is 0 Å². The van der Waals surface area contributed by atoms with Crippen LogP contribution in [-0.4, -0.2) is 4.98 Å². The summed E-state index contributed by atoms with van der Waals surface area (Å²) in [6.45, 7) is 0. The topological polar surface area (TPSA) is 60.2 Å². The summed E-state index contributed by atoms with van der Waals surface area (Å²) in [6, 6.07) is 15.6. The van der Waals surface area contributed by atoms with Gasteiger partial charge in [-0.15, -0.1) is 0 Å². The number of hydrogen-bond acceptors (Lipinski definition) is 4. The predicted molar refractivity (Wildman–Crippen MR) is 83.8 cm³/mol. The van der Waals surface area contributed by atoms with Crippen molar-refractivity contribution in [3.05, 3.63) is 59.2 Å². The minimum absolute atomic E-state index is 0.562. The van der Waals surface area contributed by atoms with Crippen LogP contribution in [0.15, 0.2) is 59.2 Å². The highest BCUT2D eigenvalue weighted by atomic mass is 79.9. The number of halogens is 1. The molecule has 0 aliphatic rings. The standard InChI is InChI=1S/C15H12BrN3O/c16-12-3-1-11-8-13(4-2-10(11)7-12)20-14-5-6-18-15(9-14)19-17/h1-9H,17H2,(H,18,19). The number of fused-ring (bicyclic) bond motifs is 1. The minimum Gasteiger partial charge on any atom is -0.457 e. The summed E-state index contributed by atoms with van der Waals surface area (Å²) in [5.41, 5.74) is 2.49. The Kier molecular flexibility index (Phi) is 3.54. The molecule has 4 nitrogen and oxygen atoms in total. The van der Waals surface area contributed by atoms with E-state index in [9.17, 15) is 0 Å². The number of pyridine rings is 1. The first-order chi connectivity index (χ1) is 9.74. The quantitative estimate of drug-likeness (QED) is 0.561. The molecular formula is C15H12BrN3O. The zero-order valence-corrected chi connectivity index (χ0v) is 12.1. The fourth-order valence-electron chi connectivity index (χ4n) is 1.95. The van der Waals surface area contributed by atoms with Crippen molar-refractivity contribution in [1.29, 1.82) is 0 Å². The molecule has 0 aliphatic carbocycles. The van der Waals surface area contributed by atoms with Crippen molar-refractivity contribution in [2.24, 2.45) is 5.84 Å². The Bertz CT molecular complexity index is 761. The van der Waals surface area contributed by atoms with Gasteiger partial charge >= 0.3 is 0 Å². The maximum atomic E-state index is 5.81. The molecule has 1 aromatic heterocycles. The van der Waals surface area contributed by atoms with Crippen LogP contribution in [0.1, 0.15) is 0 Å². The molecule has 0 fully saturated rings. The van der Waals surface area contributed by atoms with Gasteiger partial charge in [0.25, 0.3) is 0 Å². The van der Waals surface area contributed by atoms with E-state index in [2.05, 4.69) is 32.4 Å². The molecule has 0 unspecified atom stereocenters. The van der Waals surface area contributed by atoms with Gasteiger partial charge in [0, 0.05) is 16.7 Å². The molecule has 3 rings (SSSR count). The number of benzene rings is 2. The van der Waals surface area contributed by atoms with E-state index < -0.39 is 0 Å². The summed E-state index contributed by atoms with van der Waals surface area (Å²) in [7, 11) is 0. The molecule has 0 atom stereocenters. The zero-order chi connectivity index (χ0) is 13.9. The van der Waals surface area contributed by atoms with E-state index in [4.69, 9.17) is 10.6 Å². The van der Waals surface area contributed by atoms with Crippen molar-refractivity contribution in [3.63, 3.8) is 0 Å². The molecule has 20 heavy (non-hydrogen) atoms. The van der Waals surface area contributed by atoms with Gasteiger partial charge in [-0.1, -0.05) is 28.1 Å². The molecule has 0 bridgehead atoms. The second-order valence-corrected chi connectivity index (χ2v) is 5.19. The summed E-state index contributed by atoms with van der Waals surface area (Å²) in [6.07, 6.45) is 1.64. The van der Waals surface area contributed by atoms with Crippen LogP contribution >= 0.6 is 15.9 Å². The first-order valence-electron chi connectivity index (χ1n) is 6.04. The first kappa shape index (κ1) is 12.9. The van der Waals surface area contributed by atoms with Crippen LogP contribution in [0.5, 0.6) is 11.5 Å².